The molecule has 9 nitrogen and oxygen atoms in total. The molecule has 0 unspecified atom stereocenters. The van der Waals surface area contributed by atoms with Gasteiger partial charge in [-0.15, -0.1) is 0 Å². The van der Waals surface area contributed by atoms with Crippen molar-refractivity contribution in [1.82, 2.24) is 10.2 Å². The molecule has 2 aromatic carbocycles. The molecule has 1 heterocycles. The number of nitrogens with one attached hydrogen (secondary N) is 3. The van der Waals surface area contributed by atoms with E-state index in [0.29, 0.717) is 41.5 Å². The Hall–Kier alpha value is -3.75. The van der Waals surface area contributed by atoms with Crippen molar-refractivity contribution in [2.24, 2.45) is 0 Å². The first-order chi connectivity index (χ1) is 15.4. The van der Waals surface area contributed by atoms with Crippen LogP contribution in [0.15, 0.2) is 36.4 Å². The van der Waals surface area contributed by atoms with Crippen molar-refractivity contribution < 1.29 is 23.9 Å². The van der Waals surface area contributed by atoms with Gasteiger partial charge in [0, 0.05) is 24.8 Å². The van der Waals surface area contributed by atoms with Crippen molar-refractivity contribution in [1.29, 1.82) is 0 Å². The van der Waals surface area contributed by atoms with Gasteiger partial charge in [-0.2, -0.15) is 0 Å². The number of hydrogen-bond acceptors (Lipinski definition) is 5. The molecule has 0 spiro atoms. The summed E-state index contributed by atoms with van der Waals surface area (Å²) in [5, 5.41) is 7.89. The molecule has 0 bridgehead atoms. The average Bonchev–Trinajstić information content (AvgIpc) is 3.32. The lowest BCUT2D eigenvalue weighted by atomic mass is 10.1. The molecule has 3 rings (SSSR count). The van der Waals surface area contributed by atoms with Crippen molar-refractivity contribution in [2.45, 2.75) is 19.8 Å². The summed E-state index contributed by atoms with van der Waals surface area (Å²) in [7, 11) is 2.96. The van der Waals surface area contributed by atoms with E-state index in [2.05, 4.69) is 16.0 Å². The van der Waals surface area contributed by atoms with Gasteiger partial charge in [0.2, 0.25) is 5.91 Å². The van der Waals surface area contributed by atoms with Gasteiger partial charge >= 0.3 is 6.03 Å². The number of aryl methyl sites for hydroxylation is 1. The van der Waals surface area contributed by atoms with Crippen molar-refractivity contribution in [2.75, 3.05) is 44.5 Å². The Bertz CT molecular complexity index is 1000. The molecule has 1 aliphatic heterocycles. The number of carbonyl (C=O) groups is 3. The first kappa shape index (κ1) is 22.9. The number of anilines is 2. The minimum Gasteiger partial charge on any atom is -0.493 e. The Morgan fingerprint density at radius 1 is 0.969 bits per heavy atom. The first-order valence-corrected chi connectivity index (χ1v) is 10.4. The van der Waals surface area contributed by atoms with Crippen LogP contribution in [0.25, 0.3) is 0 Å². The number of nitrogens with zero attached hydrogens (tertiary/aromatic N) is 1. The number of carbonyl (C=O) groups excluding carboxylic acids is 3. The zero-order valence-corrected chi connectivity index (χ0v) is 18.5. The molecular weight excluding hydrogens is 412 g/mol. The summed E-state index contributed by atoms with van der Waals surface area (Å²) >= 11 is 0. The molecule has 3 N–H and O–H groups in total. The van der Waals surface area contributed by atoms with E-state index in [4.69, 9.17) is 9.47 Å². The average molecular weight is 441 g/mol. The van der Waals surface area contributed by atoms with Crippen LogP contribution in [-0.2, 0) is 4.79 Å². The van der Waals surface area contributed by atoms with E-state index in [0.717, 1.165) is 18.4 Å². The summed E-state index contributed by atoms with van der Waals surface area (Å²) in [5.74, 6) is 0.102. The van der Waals surface area contributed by atoms with Crippen LogP contribution in [0, 0.1) is 6.92 Å². The number of likely N-dealkylation sites (tertiary alicyclic amines) is 1. The van der Waals surface area contributed by atoms with E-state index in [-0.39, 0.29) is 12.5 Å². The number of benzene rings is 2. The molecule has 0 aromatic heterocycles. The zero-order valence-electron chi connectivity index (χ0n) is 18.5. The van der Waals surface area contributed by atoms with Crippen LogP contribution in [0.3, 0.4) is 0 Å². The normalized spacial score (nSPS) is 12.8. The zero-order chi connectivity index (χ0) is 23.1. The van der Waals surface area contributed by atoms with Gasteiger partial charge in [0.25, 0.3) is 5.91 Å². The highest BCUT2D eigenvalue weighted by atomic mass is 16.5. The van der Waals surface area contributed by atoms with E-state index in [1.165, 1.54) is 14.2 Å². The molecule has 9 heteroatoms. The van der Waals surface area contributed by atoms with E-state index in [9.17, 15) is 14.4 Å². The second kappa shape index (κ2) is 10.5. The number of amides is 4. The number of rotatable bonds is 7. The lowest BCUT2D eigenvalue weighted by Crippen LogP contribution is -2.36. The van der Waals surface area contributed by atoms with Crippen LogP contribution in [0.1, 0.15) is 28.8 Å². The third-order valence-electron chi connectivity index (χ3n) is 5.11. The van der Waals surface area contributed by atoms with E-state index in [1.807, 2.05) is 25.1 Å². The molecule has 0 atom stereocenters. The molecule has 0 saturated carbocycles. The third kappa shape index (κ3) is 5.69. The van der Waals surface area contributed by atoms with Crippen molar-refractivity contribution in [3.8, 4) is 11.5 Å². The van der Waals surface area contributed by atoms with E-state index >= 15 is 0 Å². The maximum Gasteiger partial charge on any atom is 0.319 e. The monoisotopic (exact) mass is 440 g/mol. The molecule has 0 aliphatic carbocycles. The van der Waals surface area contributed by atoms with Crippen LogP contribution in [-0.4, -0.2) is 56.6 Å². The summed E-state index contributed by atoms with van der Waals surface area (Å²) in [5.41, 5.74) is 2.23. The van der Waals surface area contributed by atoms with Crippen LogP contribution >= 0.6 is 0 Å². The van der Waals surface area contributed by atoms with Gasteiger partial charge in [-0.3, -0.25) is 9.59 Å². The highest BCUT2D eigenvalue weighted by Gasteiger charge is 2.25. The summed E-state index contributed by atoms with van der Waals surface area (Å²) in [4.78, 5) is 39.4. The fourth-order valence-electron chi connectivity index (χ4n) is 3.50. The minimum atomic E-state index is -0.508. The Morgan fingerprint density at radius 2 is 1.66 bits per heavy atom. The van der Waals surface area contributed by atoms with Crippen molar-refractivity contribution in [3.05, 3.63) is 47.5 Å². The van der Waals surface area contributed by atoms with Gasteiger partial charge in [0.1, 0.15) is 0 Å². The summed E-state index contributed by atoms with van der Waals surface area (Å²) < 4.78 is 10.6. The smallest absolute Gasteiger partial charge is 0.319 e. The molecular formula is C23H28N4O5. The lowest BCUT2D eigenvalue weighted by molar-refractivity contribution is -0.115. The molecule has 1 saturated heterocycles. The van der Waals surface area contributed by atoms with Crippen molar-refractivity contribution >= 4 is 29.2 Å². The second-order valence-corrected chi connectivity index (χ2v) is 7.48. The predicted molar refractivity (Wildman–Crippen MR) is 122 cm³/mol. The number of ether oxygens (including phenoxy) is 2. The quantitative estimate of drug-likeness (QED) is 0.613. The van der Waals surface area contributed by atoms with Crippen LogP contribution in [0.2, 0.25) is 0 Å². The Labute approximate surface area is 187 Å². The Balaban J connectivity index is 1.69. The third-order valence-corrected chi connectivity index (χ3v) is 5.11. The van der Waals surface area contributed by atoms with Gasteiger partial charge in [0.15, 0.2) is 11.5 Å². The summed E-state index contributed by atoms with van der Waals surface area (Å²) in [6.07, 6.45) is 1.89. The van der Waals surface area contributed by atoms with Gasteiger partial charge in [0.05, 0.1) is 32.0 Å². The van der Waals surface area contributed by atoms with Crippen LogP contribution in [0.5, 0.6) is 11.5 Å². The maximum absolute atomic E-state index is 13.0. The SMILES string of the molecule is COc1cc(NC(=O)CNC(=O)Nc2cccc(C)c2)c(C(=O)N2CCCC2)cc1OC. The first-order valence-electron chi connectivity index (χ1n) is 10.4. The van der Waals surface area contributed by atoms with Gasteiger partial charge in [-0.1, -0.05) is 12.1 Å². The van der Waals surface area contributed by atoms with Crippen LogP contribution < -0.4 is 25.4 Å². The number of methoxy groups -OCH3 is 2. The van der Waals surface area contributed by atoms with Gasteiger partial charge < -0.3 is 30.3 Å². The highest BCUT2D eigenvalue weighted by molar-refractivity contribution is 6.05. The largest absolute Gasteiger partial charge is 0.493 e. The lowest BCUT2D eigenvalue weighted by Gasteiger charge is -2.20. The standard InChI is InChI=1S/C23H28N4O5/c1-15-7-6-8-16(11-15)25-23(30)24-14-21(28)26-18-13-20(32-3)19(31-2)12-17(18)22(29)27-9-4-5-10-27/h6-8,11-13H,4-5,9-10,14H2,1-3H3,(H,26,28)(H2,24,25,30). The fourth-order valence-corrected chi connectivity index (χ4v) is 3.50. The Kier molecular flexibility index (Phi) is 7.54. The second-order valence-electron chi connectivity index (χ2n) is 7.48. The number of urea groups is 1. The minimum absolute atomic E-state index is 0.191. The predicted octanol–water partition coefficient (Wildman–Crippen LogP) is 3.01. The molecule has 4 amide bonds. The highest BCUT2D eigenvalue weighted by Crippen LogP contribution is 2.34. The fraction of sp³-hybridized carbons (Fsp3) is 0.348. The molecule has 0 radical (unpaired) electrons. The molecule has 1 fully saturated rings. The Morgan fingerprint density at radius 3 is 2.31 bits per heavy atom. The van der Waals surface area contributed by atoms with Crippen molar-refractivity contribution in [3.63, 3.8) is 0 Å². The topological polar surface area (TPSA) is 109 Å². The molecule has 32 heavy (non-hydrogen) atoms. The van der Waals surface area contributed by atoms with Gasteiger partial charge in [-0.05, 0) is 43.5 Å². The maximum atomic E-state index is 13.0. The van der Waals surface area contributed by atoms with E-state index in [1.54, 1.807) is 23.1 Å². The molecule has 2 aromatic rings. The van der Waals surface area contributed by atoms with Gasteiger partial charge in [-0.25, -0.2) is 4.79 Å². The summed E-state index contributed by atoms with van der Waals surface area (Å²) in [6, 6.07) is 9.92. The molecule has 170 valence electrons. The van der Waals surface area contributed by atoms with Crippen LogP contribution in [0.4, 0.5) is 16.2 Å². The summed E-state index contributed by atoms with van der Waals surface area (Å²) in [6.45, 7) is 2.98. The number of hydrogen-bond donors (Lipinski definition) is 3. The van der Waals surface area contributed by atoms with E-state index < -0.39 is 11.9 Å². The molecule has 1 aliphatic rings.